The first-order chi connectivity index (χ1) is 15.3. The van der Waals surface area contributed by atoms with Gasteiger partial charge in [0, 0.05) is 44.9 Å². The molecule has 8 rings (SSSR count). The van der Waals surface area contributed by atoms with Crippen molar-refractivity contribution in [1.82, 2.24) is 11.7 Å². The fourth-order valence-corrected chi connectivity index (χ4v) is 6.21. The van der Waals surface area contributed by atoms with Crippen LogP contribution in [0, 0.1) is 0 Å². The highest BCUT2D eigenvalue weighted by Gasteiger charge is 2.24. The van der Waals surface area contributed by atoms with E-state index in [2.05, 4.69) is 114 Å². The summed E-state index contributed by atoms with van der Waals surface area (Å²) in [5.74, 6) is 0. The van der Waals surface area contributed by atoms with Crippen LogP contribution >= 0.6 is 22.9 Å². The Balaban J connectivity index is 1.80. The van der Waals surface area contributed by atoms with Crippen LogP contribution in [0.5, 0.6) is 0 Å². The molecule has 0 amide bonds. The van der Waals surface area contributed by atoms with Crippen molar-refractivity contribution in [3.63, 3.8) is 0 Å². The maximum atomic E-state index is 6.13. The Hall–Kier alpha value is -3.45. The molecule has 0 N–H and O–H groups in total. The Kier molecular flexibility index (Phi) is 2.84. The second-order valence-electron chi connectivity index (χ2n) is 8.07. The third kappa shape index (κ3) is 1.79. The lowest BCUT2D eigenvalue weighted by Crippen LogP contribution is -1.95. The third-order valence-electron chi connectivity index (χ3n) is 6.62. The van der Waals surface area contributed by atoms with Gasteiger partial charge in [-0.25, -0.2) is 0 Å². The molecule has 0 aliphatic carbocycles. The van der Waals surface area contributed by atoms with Crippen LogP contribution in [0.25, 0.3) is 65.9 Å². The topological polar surface area (TPSA) is 27.4 Å². The summed E-state index contributed by atoms with van der Waals surface area (Å²) >= 11 is 2.42. The van der Waals surface area contributed by atoms with E-state index in [4.69, 9.17) is 4.42 Å². The fraction of sp³-hybridized carbons (Fsp3) is 0. The van der Waals surface area contributed by atoms with Crippen LogP contribution in [0.2, 0.25) is 0 Å². The number of hydrogen-bond acceptors (Lipinski definition) is 1. The molecule has 5 aromatic heterocycles. The van der Waals surface area contributed by atoms with Gasteiger partial charge in [-0.3, -0.25) is 7.18 Å². The summed E-state index contributed by atoms with van der Waals surface area (Å²) in [6, 6.07) is 25.9. The lowest BCUT2D eigenvalue weighted by molar-refractivity contribution is 0.619. The average molecular weight is 511 g/mol. The monoisotopic (exact) mass is 511 g/mol. The molecule has 8 aromatic rings. The Morgan fingerprint density at radius 2 is 1.55 bits per heavy atom. The van der Waals surface area contributed by atoms with Crippen molar-refractivity contribution in [2.24, 2.45) is 0 Å². The van der Waals surface area contributed by atoms with Gasteiger partial charge < -0.3 is 8.98 Å². The van der Waals surface area contributed by atoms with Crippen molar-refractivity contribution in [3.8, 4) is 5.69 Å². The molecular formula is C26H14IN3O. The van der Waals surface area contributed by atoms with Gasteiger partial charge in [-0.15, -0.1) is 0 Å². The lowest BCUT2D eigenvalue weighted by atomic mass is 10.1. The van der Waals surface area contributed by atoms with Gasteiger partial charge in [0.05, 0.1) is 51.2 Å². The van der Waals surface area contributed by atoms with Crippen molar-refractivity contribution in [1.29, 1.82) is 0 Å². The average Bonchev–Trinajstić information content (AvgIpc) is 3.55. The summed E-state index contributed by atoms with van der Waals surface area (Å²) in [6.45, 7) is 0. The number of rotatable bonds is 1. The minimum absolute atomic E-state index is 0.922. The number of fused-ring (bicyclic) bond motifs is 6. The number of aromatic nitrogens is 3. The Labute approximate surface area is 189 Å². The predicted molar refractivity (Wildman–Crippen MR) is 135 cm³/mol. The molecule has 0 unspecified atom stereocenters. The van der Waals surface area contributed by atoms with Gasteiger partial charge >= 0.3 is 0 Å². The molecule has 0 atom stereocenters. The fourth-order valence-electron chi connectivity index (χ4n) is 5.41. The van der Waals surface area contributed by atoms with Crippen LogP contribution < -0.4 is 0 Å². The maximum Gasteiger partial charge on any atom is 0.158 e. The first-order valence-corrected chi connectivity index (χ1v) is 11.2. The van der Waals surface area contributed by atoms with E-state index in [1.807, 2.05) is 6.26 Å². The summed E-state index contributed by atoms with van der Waals surface area (Å²) in [7, 11) is 0. The Bertz CT molecular complexity index is 1950. The molecule has 0 aliphatic rings. The van der Waals surface area contributed by atoms with E-state index in [9.17, 15) is 0 Å². The summed E-state index contributed by atoms with van der Waals surface area (Å²) in [5, 5.41) is 6.23. The number of furan rings is 1. The van der Waals surface area contributed by atoms with Crippen LogP contribution in [0.3, 0.4) is 0 Å². The molecule has 4 nitrogen and oxygen atoms in total. The minimum Gasteiger partial charge on any atom is -0.462 e. The van der Waals surface area contributed by atoms with Crippen LogP contribution in [-0.2, 0) is 0 Å². The van der Waals surface area contributed by atoms with Crippen molar-refractivity contribution < 1.29 is 4.42 Å². The van der Waals surface area contributed by atoms with E-state index >= 15 is 0 Å². The van der Waals surface area contributed by atoms with Crippen LogP contribution in [0.15, 0.2) is 89.7 Å². The highest BCUT2D eigenvalue weighted by Crippen LogP contribution is 2.45. The standard InChI is InChI=1S/C26H14IN3O/c27-30-19-8-4-7-18-22(19)23-20(30)10-9-16-17-11-13-28(15-5-2-1-3-6-15)26(17)29(24(16)23)21-12-14-31-25(18)21/h1-14H. The summed E-state index contributed by atoms with van der Waals surface area (Å²) in [6.07, 6.45) is 3.98. The molecule has 0 bridgehead atoms. The number of nitrogens with zero attached hydrogens (tertiary/aromatic N) is 3. The number of hydrogen-bond donors (Lipinski definition) is 0. The smallest absolute Gasteiger partial charge is 0.158 e. The molecule has 0 saturated carbocycles. The summed E-state index contributed by atoms with van der Waals surface area (Å²) in [4.78, 5) is 0. The molecule has 5 heterocycles. The normalized spacial score (nSPS) is 12.7. The van der Waals surface area contributed by atoms with Crippen molar-refractivity contribution in [2.45, 2.75) is 0 Å². The van der Waals surface area contributed by atoms with Gasteiger partial charge in [0.1, 0.15) is 5.65 Å². The van der Waals surface area contributed by atoms with E-state index in [-0.39, 0.29) is 0 Å². The van der Waals surface area contributed by atoms with E-state index in [1.165, 1.54) is 43.7 Å². The van der Waals surface area contributed by atoms with E-state index in [0.717, 1.165) is 22.2 Å². The van der Waals surface area contributed by atoms with Gasteiger partial charge in [0.25, 0.3) is 0 Å². The maximum absolute atomic E-state index is 6.13. The molecule has 0 aliphatic heterocycles. The van der Waals surface area contributed by atoms with Gasteiger partial charge in [-0.2, -0.15) is 0 Å². The zero-order valence-corrected chi connectivity index (χ0v) is 18.4. The van der Waals surface area contributed by atoms with Crippen molar-refractivity contribution in [3.05, 3.63) is 85.3 Å². The van der Waals surface area contributed by atoms with E-state index in [1.54, 1.807) is 0 Å². The molecule has 0 saturated heterocycles. The van der Waals surface area contributed by atoms with Gasteiger partial charge in [0.15, 0.2) is 5.58 Å². The third-order valence-corrected chi connectivity index (χ3v) is 7.66. The summed E-state index contributed by atoms with van der Waals surface area (Å²) in [5.41, 5.74) is 8.02. The molecular weight excluding hydrogens is 497 g/mol. The second-order valence-corrected chi connectivity index (χ2v) is 9.03. The van der Waals surface area contributed by atoms with E-state index in [0.29, 0.717) is 0 Å². The largest absolute Gasteiger partial charge is 0.462 e. The molecule has 0 fully saturated rings. The van der Waals surface area contributed by atoms with Crippen LogP contribution in [0.4, 0.5) is 0 Å². The van der Waals surface area contributed by atoms with Gasteiger partial charge in [-0.1, -0.05) is 30.3 Å². The summed E-state index contributed by atoms with van der Waals surface area (Å²) < 4.78 is 13.1. The zero-order valence-electron chi connectivity index (χ0n) is 16.2. The zero-order chi connectivity index (χ0) is 20.3. The highest BCUT2D eigenvalue weighted by molar-refractivity contribution is 14.1. The molecule has 0 spiro atoms. The van der Waals surface area contributed by atoms with Gasteiger partial charge in [-0.05, 0) is 36.4 Å². The number of halogens is 1. The molecule has 3 aromatic carbocycles. The van der Waals surface area contributed by atoms with Crippen LogP contribution in [-0.4, -0.2) is 11.7 Å². The van der Waals surface area contributed by atoms with Crippen LogP contribution in [0.1, 0.15) is 0 Å². The Morgan fingerprint density at radius 3 is 2.45 bits per heavy atom. The number of benzene rings is 3. The van der Waals surface area contributed by atoms with Crippen molar-refractivity contribution in [2.75, 3.05) is 0 Å². The highest BCUT2D eigenvalue weighted by atomic mass is 127. The minimum atomic E-state index is 0.922. The second kappa shape index (κ2) is 5.42. The lowest BCUT2D eigenvalue weighted by Gasteiger charge is -2.06. The Morgan fingerprint density at radius 1 is 0.677 bits per heavy atom. The molecule has 5 heteroatoms. The SMILES string of the molecule is In1c2cccc3c4occc4n4c5c(ccc1c5c32)c1ccn(-c2ccccc2)c14. The van der Waals surface area contributed by atoms with E-state index < -0.39 is 0 Å². The predicted octanol–water partition coefficient (Wildman–Crippen LogP) is 7.53. The number of para-hydroxylation sites is 1. The first kappa shape index (κ1) is 16.3. The quantitative estimate of drug-likeness (QED) is 0.210. The molecule has 31 heavy (non-hydrogen) atoms. The molecule has 146 valence electrons. The first-order valence-electron chi connectivity index (χ1n) is 10.2. The van der Waals surface area contributed by atoms with Crippen molar-refractivity contribution >= 4 is 83.1 Å². The van der Waals surface area contributed by atoms with Gasteiger partial charge in [0.2, 0.25) is 0 Å². The molecule has 0 radical (unpaired) electrons.